The number of nitrogens with one attached hydrogen (secondary N) is 3. The summed E-state index contributed by atoms with van der Waals surface area (Å²) in [5, 5.41) is 3.21. The SMILES string of the molecule is Cc1c(Cl)cccc1NC(=O)CCC(=O)NNC(=O)c1ccc(F)cc1. The van der Waals surface area contributed by atoms with Crippen molar-refractivity contribution in [1.82, 2.24) is 10.9 Å². The molecule has 0 spiro atoms. The fourth-order valence-corrected chi connectivity index (χ4v) is 2.22. The predicted molar refractivity (Wildman–Crippen MR) is 96.1 cm³/mol. The molecule has 2 aromatic rings. The summed E-state index contributed by atoms with van der Waals surface area (Å²) in [6.07, 6.45) is -0.181. The van der Waals surface area contributed by atoms with Crippen molar-refractivity contribution in [3.05, 3.63) is 64.4 Å². The van der Waals surface area contributed by atoms with E-state index in [0.29, 0.717) is 10.7 Å². The second kappa shape index (κ2) is 8.96. The van der Waals surface area contributed by atoms with Crippen LogP contribution in [-0.4, -0.2) is 17.7 Å². The number of benzene rings is 2. The van der Waals surface area contributed by atoms with E-state index < -0.39 is 17.6 Å². The molecule has 136 valence electrons. The Hall–Kier alpha value is -2.93. The minimum Gasteiger partial charge on any atom is -0.326 e. The van der Waals surface area contributed by atoms with Gasteiger partial charge in [-0.05, 0) is 48.9 Å². The van der Waals surface area contributed by atoms with E-state index in [1.54, 1.807) is 25.1 Å². The Morgan fingerprint density at radius 2 is 1.62 bits per heavy atom. The van der Waals surface area contributed by atoms with Crippen LogP contribution in [0, 0.1) is 12.7 Å². The molecular weight excluding hydrogens is 361 g/mol. The van der Waals surface area contributed by atoms with Crippen molar-refractivity contribution in [2.45, 2.75) is 19.8 Å². The van der Waals surface area contributed by atoms with Gasteiger partial charge in [-0.15, -0.1) is 0 Å². The standard InChI is InChI=1S/C18H17ClFN3O3/c1-11-14(19)3-2-4-15(11)21-16(24)9-10-17(25)22-23-18(26)12-5-7-13(20)8-6-12/h2-8H,9-10H2,1H3,(H,21,24)(H,22,25)(H,23,26). The normalized spacial score (nSPS) is 10.1. The monoisotopic (exact) mass is 377 g/mol. The fourth-order valence-electron chi connectivity index (χ4n) is 2.05. The summed E-state index contributed by atoms with van der Waals surface area (Å²) in [6, 6.07) is 9.99. The second-order valence-electron chi connectivity index (χ2n) is 5.47. The number of hydrogen-bond acceptors (Lipinski definition) is 3. The lowest BCUT2D eigenvalue weighted by Gasteiger charge is -2.10. The number of amides is 3. The van der Waals surface area contributed by atoms with E-state index in [4.69, 9.17) is 11.6 Å². The van der Waals surface area contributed by atoms with Gasteiger partial charge in [0.2, 0.25) is 11.8 Å². The van der Waals surface area contributed by atoms with Crippen LogP contribution in [0.3, 0.4) is 0 Å². The van der Waals surface area contributed by atoms with Crippen molar-refractivity contribution in [3.63, 3.8) is 0 Å². The maximum Gasteiger partial charge on any atom is 0.269 e. The van der Waals surface area contributed by atoms with Gasteiger partial charge in [-0.2, -0.15) is 0 Å². The molecule has 0 aliphatic heterocycles. The van der Waals surface area contributed by atoms with Gasteiger partial charge in [-0.1, -0.05) is 17.7 Å². The topological polar surface area (TPSA) is 87.3 Å². The van der Waals surface area contributed by atoms with E-state index >= 15 is 0 Å². The van der Waals surface area contributed by atoms with Gasteiger partial charge in [0.1, 0.15) is 5.82 Å². The summed E-state index contributed by atoms with van der Waals surface area (Å²) in [5.74, 6) is -1.93. The smallest absolute Gasteiger partial charge is 0.269 e. The van der Waals surface area contributed by atoms with Crippen LogP contribution in [0.4, 0.5) is 10.1 Å². The molecule has 0 unspecified atom stereocenters. The van der Waals surface area contributed by atoms with Crippen LogP contribution in [0.25, 0.3) is 0 Å². The minimum absolute atomic E-state index is 0.0653. The first-order chi connectivity index (χ1) is 12.4. The second-order valence-corrected chi connectivity index (χ2v) is 5.88. The first-order valence-electron chi connectivity index (χ1n) is 7.76. The van der Waals surface area contributed by atoms with Crippen LogP contribution in [0.1, 0.15) is 28.8 Å². The van der Waals surface area contributed by atoms with Crippen molar-refractivity contribution >= 4 is 35.0 Å². The molecule has 26 heavy (non-hydrogen) atoms. The molecule has 0 aromatic heterocycles. The summed E-state index contributed by atoms with van der Waals surface area (Å²) < 4.78 is 12.8. The van der Waals surface area contributed by atoms with Crippen LogP contribution in [-0.2, 0) is 9.59 Å². The van der Waals surface area contributed by atoms with Crippen molar-refractivity contribution < 1.29 is 18.8 Å². The molecule has 0 saturated heterocycles. The van der Waals surface area contributed by atoms with Crippen molar-refractivity contribution in [2.24, 2.45) is 0 Å². The van der Waals surface area contributed by atoms with Crippen molar-refractivity contribution in [2.75, 3.05) is 5.32 Å². The number of halogens is 2. The average Bonchev–Trinajstić information content (AvgIpc) is 2.62. The van der Waals surface area contributed by atoms with Gasteiger partial charge in [-0.3, -0.25) is 25.2 Å². The van der Waals surface area contributed by atoms with Crippen LogP contribution in [0.5, 0.6) is 0 Å². The minimum atomic E-state index is -0.586. The Morgan fingerprint density at radius 3 is 2.31 bits per heavy atom. The molecule has 0 aliphatic rings. The molecule has 8 heteroatoms. The lowest BCUT2D eigenvalue weighted by Crippen LogP contribution is -2.41. The molecule has 6 nitrogen and oxygen atoms in total. The van der Waals surface area contributed by atoms with E-state index in [-0.39, 0.29) is 24.3 Å². The molecule has 0 radical (unpaired) electrons. The molecule has 3 amide bonds. The van der Waals surface area contributed by atoms with E-state index in [2.05, 4.69) is 16.2 Å². The highest BCUT2D eigenvalue weighted by molar-refractivity contribution is 6.31. The summed E-state index contributed by atoms with van der Waals surface area (Å²) in [7, 11) is 0. The Morgan fingerprint density at radius 1 is 0.962 bits per heavy atom. The Kier molecular flexibility index (Phi) is 6.68. The number of hydrazine groups is 1. The zero-order valence-corrected chi connectivity index (χ0v) is 14.7. The number of carbonyl (C=O) groups excluding carboxylic acids is 3. The van der Waals surface area contributed by atoms with Gasteiger partial charge >= 0.3 is 0 Å². The van der Waals surface area contributed by atoms with Crippen molar-refractivity contribution in [1.29, 1.82) is 0 Å². The Bertz CT molecular complexity index is 825. The van der Waals surface area contributed by atoms with Crippen LogP contribution < -0.4 is 16.2 Å². The fraction of sp³-hybridized carbons (Fsp3) is 0.167. The molecule has 0 bridgehead atoms. The first-order valence-corrected chi connectivity index (χ1v) is 8.14. The maximum atomic E-state index is 12.8. The largest absolute Gasteiger partial charge is 0.326 e. The van der Waals surface area contributed by atoms with Gasteiger partial charge in [0, 0.05) is 29.1 Å². The van der Waals surface area contributed by atoms with Gasteiger partial charge in [0.05, 0.1) is 0 Å². The summed E-state index contributed by atoms with van der Waals surface area (Å²) >= 11 is 5.98. The third-order valence-corrected chi connectivity index (χ3v) is 3.95. The lowest BCUT2D eigenvalue weighted by molar-refractivity contribution is -0.124. The van der Waals surface area contributed by atoms with E-state index in [1.165, 1.54) is 12.1 Å². The first kappa shape index (κ1) is 19.4. The number of carbonyl (C=O) groups is 3. The van der Waals surface area contributed by atoms with Gasteiger partial charge in [0.15, 0.2) is 0 Å². The van der Waals surface area contributed by atoms with Gasteiger partial charge < -0.3 is 5.32 Å². The maximum absolute atomic E-state index is 12.8. The molecule has 2 aromatic carbocycles. The van der Waals surface area contributed by atoms with Crippen molar-refractivity contribution in [3.8, 4) is 0 Å². The molecule has 0 atom stereocenters. The predicted octanol–water partition coefficient (Wildman–Crippen LogP) is 2.97. The molecule has 3 N–H and O–H groups in total. The summed E-state index contributed by atoms with van der Waals surface area (Å²) in [4.78, 5) is 35.4. The highest BCUT2D eigenvalue weighted by Crippen LogP contribution is 2.23. The van der Waals surface area contributed by atoms with E-state index in [9.17, 15) is 18.8 Å². The third kappa shape index (κ3) is 5.56. The summed E-state index contributed by atoms with van der Waals surface area (Å²) in [6.45, 7) is 1.77. The molecule has 0 aliphatic carbocycles. The Labute approximate surface area is 154 Å². The van der Waals surface area contributed by atoms with E-state index in [0.717, 1.165) is 17.7 Å². The number of hydrogen-bond donors (Lipinski definition) is 3. The average molecular weight is 378 g/mol. The quantitative estimate of drug-likeness (QED) is 0.700. The molecule has 2 rings (SSSR count). The molecule has 0 saturated carbocycles. The highest BCUT2D eigenvalue weighted by Gasteiger charge is 2.11. The number of anilines is 1. The highest BCUT2D eigenvalue weighted by atomic mass is 35.5. The zero-order valence-electron chi connectivity index (χ0n) is 13.9. The lowest BCUT2D eigenvalue weighted by atomic mass is 10.2. The summed E-state index contributed by atoms with van der Waals surface area (Å²) in [5.41, 5.74) is 5.91. The van der Waals surface area contributed by atoms with Crippen LogP contribution >= 0.6 is 11.6 Å². The third-order valence-electron chi connectivity index (χ3n) is 3.54. The Balaban J connectivity index is 1.76. The zero-order chi connectivity index (χ0) is 19.1. The van der Waals surface area contributed by atoms with Gasteiger partial charge in [-0.25, -0.2) is 4.39 Å². The van der Waals surface area contributed by atoms with Crippen LogP contribution in [0.2, 0.25) is 5.02 Å². The van der Waals surface area contributed by atoms with Crippen LogP contribution in [0.15, 0.2) is 42.5 Å². The van der Waals surface area contributed by atoms with Gasteiger partial charge in [0.25, 0.3) is 5.91 Å². The molecule has 0 fully saturated rings. The molecular formula is C18H17ClFN3O3. The number of rotatable bonds is 5. The molecule has 0 heterocycles. The van der Waals surface area contributed by atoms with E-state index in [1.807, 2.05) is 0 Å².